The van der Waals surface area contributed by atoms with E-state index in [-0.39, 0.29) is 6.54 Å². The molecule has 1 aromatic rings. The molecule has 1 amide bonds. The van der Waals surface area contributed by atoms with E-state index in [0.29, 0.717) is 17.0 Å². The minimum Gasteiger partial charge on any atom is -0.497 e. The molecular weight excluding hydrogens is 272 g/mol. The molecule has 0 aliphatic carbocycles. The van der Waals surface area contributed by atoms with Crippen molar-refractivity contribution < 1.29 is 23.1 Å². The van der Waals surface area contributed by atoms with Crippen LogP contribution in [0.3, 0.4) is 0 Å². The van der Waals surface area contributed by atoms with Gasteiger partial charge in [0, 0.05) is 19.7 Å². The lowest BCUT2D eigenvalue weighted by atomic mass is 10.1. The van der Waals surface area contributed by atoms with E-state index in [1.54, 1.807) is 18.2 Å². The molecule has 106 valence electrons. The molecule has 0 unspecified atom stereocenters. The maximum absolute atomic E-state index is 11.6. The van der Waals surface area contributed by atoms with Crippen molar-refractivity contribution in [2.24, 2.45) is 0 Å². The van der Waals surface area contributed by atoms with Gasteiger partial charge in [-0.2, -0.15) is 0 Å². The number of carbonyl (C=O) groups is 1. The van der Waals surface area contributed by atoms with E-state index in [4.69, 9.17) is 9.84 Å². The molecule has 7 nitrogen and oxygen atoms in total. The summed E-state index contributed by atoms with van der Waals surface area (Å²) < 4.78 is 29.3. The van der Waals surface area contributed by atoms with Crippen molar-refractivity contribution in [2.45, 2.75) is 6.54 Å². The van der Waals surface area contributed by atoms with Gasteiger partial charge in [0.2, 0.25) is 10.0 Å². The minimum absolute atomic E-state index is 0.00845. The number of ether oxygens (including phenoxy) is 1. The molecule has 0 spiro atoms. The lowest BCUT2D eigenvalue weighted by Gasteiger charge is -2.21. The van der Waals surface area contributed by atoms with Crippen LogP contribution in [-0.4, -0.2) is 40.0 Å². The molecule has 19 heavy (non-hydrogen) atoms. The van der Waals surface area contributed by atoms with Crippen molar-refractivity contribution in [2.75, 3.05) is 24.7 Å². The van der Waals surface area contributed by atoms with E-state index < -0.39 is 16.1 Å². The van der Waals surface area contributed by atoms with E-state index in [1.807, 2.05) is 0 Å². The van der Waals surface area contributed by atoms with Crippen molar-refractivity contribution in [1.29, 1.82) is 0 Å². The highest BCUT2D eigenvalue weighted by Gasteiger charge is 2.17. The summed E-state index contributed by atoms with van der Waals surface area (Å²) in [5.41, 5.74) is 0.909. The maximum Gasteiger partial charge on any atom is 0.404 e. The third kappa shape index (κ3) is 4.02. The first kappa shape index (κ1) is 15.1. The molecule has 2 N–H and O–H groups in total. The van der Waals surface area contributed by atoms with Gasteiger partial charge in [-0.05, 0) is 11.6 Å². The Kier molecular flexibility index (Phi) is 4.60. The van der Waals surface area contributed by atoms with E-state index in [9.17, 15) is 13.2 Å². The molecule has 1 aromatic carbocycles. The summed E-state index contributed by atoms with van der Waals surface area (Å²) in [6.45, 7) is 0.00845. The third-order valence-electron chi connectivity index (χ3n) is 2.56. The average Bonchev–Trinajstić information content (AvgIpc) is 2.34. The van der Waals surface area contributed by atoms with Crippen LogP contribution in [0.5, 0.6) is 5.75 Å². The number of methoxy groups -OCH3 is 1. The Labute approximate surface area is 111 Å². The molecular formula is C11H16N2O5S. The number of amides is 1. The van der Waals surface area contributed by atoms with Crippen LogP contribution in [0.15, 0.2) is 18.2 Å². The van der Waals surface area contributed by atoms with Crippen molar-refractivity contribution in [3.05, 3.63) is 23.8 Å². The molecule has 0 aromatic heterocycles. The lowest BCUT2D eigenvalue weighted by Crippen LogP contribution is -2.28. The highest BCUT2D eigenvalue weighted by Crippen LogP contribution is 2.26. The molecule has 0 aliphatic heterocycles. The van der Waals surface area contributed by atoms with Gasteiger partial charge in [0.1, 0.15) is 5.75 Å². The first-order valence-electron chi connectivity index (χ1n) is 5.33. The van der Waals surface area contributed by atoms with E-state index >= 15 is 0 Å². The van der Waals surface area contributed by atoms with E-state index in [2.05, 4.69) is 5.32 Å². The quantitative estimate of drug-likeness (QED) is 0.837. The first-order valence-corrected chi connectivity index (χ1v) is 7.18. The Hall–Kier alpha value is -1.96. The number of hydrogen-bond acceptors (Lipinski definition) is 4. The molecule has 8 heteroatoms. The lowest BCUT2D eigenvalue weighted by molar-refractivity contribution is 0.194. The molecule has 0 saturated carbocycles. The molecule has 0 radical (unpaired) electrons. The smallest absolute Gasteiger partial charge is 0.404 e. The molecule has 0 fully saturated rings. The van der Waals surface area contributed by atoms with Crippen LogP contribution in [0.2, 0.25) is 0 Å². The molecule has 0 atom stereocenters. The SMILES string of the molecule is COc1ccc(CNC(=O)O)c(N(C)S(C)(=O)=O)c1. The summed E-state index contributed by atoms with van der Waals surface area (Å²) in [4.78, 5) is 10.5. The van der Waals surface area contributed by atoms with Crippen LogP contribution in [0.25, 0.3) is 0 Å². The van der Waals surface area contributed by atoms with Gasteiger partial charge in [0.15, 0.2) is 0 Å². The van der Waals surface area contributed by atoms with Gasteiger partial charge in [-0.25, -0.2) is 13.2 Å². The standard InChI is InChI=1S/C11H16N2O5S/c1-13(19(3,16)17)10-6-9(18-2)5-4-8(10)7-12-11(14)15/h4-6,12H,7H2,1-3H3,(H,14,15). The summed E-state index contributed by atoms with van der Waals surface area (Å²) in [7, 11) is -0.575. The number of benzene rings is 1. The zero-order valence-corrected chi connectivity index (χ0v) is 11.7. The maximum atomic E-state index is 11.6. The summed E-state index contributed by atoms with van der Waals surface area (Å²) in [6.07, 6.45) is -0.107. The number of carboxylic acid groups (broad SMARTS) is 1. The molecule has 0 bridgehead atoms. The molecule has 0 saturated heterocycles. The van der Waals surface area contributed by atoms with Gasteiger partial charge in [0.05, 0.1) is 19.1 Å². The van der Waals surface area contributed by atoms with Crippen LogP contribution in [0.1, 0.15) is 5.56 Å². The monoisotopic (exact) mass is 288 g/mol. The second kappa shape index (κ2) is 5.79. The van der Waals surface area contributed by atoms with Crippen LogP contribution < -0.4 is 14.4 Å². The second-order valence-electron chi connectivity index (χ2n) is 3.88. The van der Waals surface area contributed by atoms with Gasteiger partial charge in [-0.1, -0.05) is 6.07 Å². The summed E-state index contributed by atoms with van der Waals surface area (Å²) in [6, 6.07) is 4.80. The molecule has 0 heterocycles. The van der Waals surface area contributed by atoms with Gasteiger partial charge in [0.25, 0.3) is 0 Å². The summed E-state index contributed by atoms with van der Waals surface area (Å²) in [5, 5.41) is 10.8. The topological polar surface area (TPSA) is 95.9 Å². The Morgan fingerprint density at radius 2 is 2.11 bits per heavy atom. The number of sulfonamides is 1. The van der Waals surface area contributed by atoms with Gasteiger partial charge in [-0.15, -0.1) is 0 Å². The predicted octanol–water partition coefficient (Wildman–Crippen LogP) is 0.859. The van der Waals surface area contributed by atoms with Crippen molar-refractivity contribution in [1.82, 2.24) is 5.32 Å². The largest absolute Gasteiger partial charge is 0.497 e. The van der Waals surface area contributed by atoms with Gasteiger partial charge < -0.3 is 15.2 Å². The highest BCUT2D eigenvalue weighted by molar-refractivity contribution is 7.92. The Morgan fingerprint density at radius 3 is 2.58 bits per heavy atom. The Balaban J connectivity index is 3.19. The van der Waals surface area contributed by atoms with Crippen molar-refractivity contribution in [3.8, 4) is 5.75 Å². The van der Waals surface area contributed by atoms with Crippen molar-refractivity contribution >= 4 is 21.8 Å². The summed E-state index contributed by atoms with van der Waals surface area (Å²) >= 11 is 0. The van der Waals surface area contributed by atoms with Gasteiger partial charge in [-0.3, -0.25) is 4.31 Å². The fraction of sp³-hybridized carbons (Fsp3) is 0.364. The zero-order valence-electron chi connectivity index (χ0n) is 10.9. The van der Waals surface area contributed by atoms with Crippen LogP contribution >= 0.6 is 0 Å². The van der Waals surface area contributed by atoms with Crippen LogP contribution in [0, 0.1) is 0 Å². The fourth-order valence-electron chi connectivity index (χ4n) is 1.46. The number of anilines is 1. The second-order valence-corrected chi connectivity index (χ2v) is 5.90. The molecule has 1 rings (SSSR count). The highest BCUT2D eigenvalue weighted by atomic mass is 32.2. The third-order valence-corrected chi connectivity index (χ3v) is 3.75. The first-order chi connectivity index (χ1) is 8.75. The van der Waals surface area contributed by atoms with Crippen molar-refractivity contribution in [3.63, 3.8) is 0 Å². The average molecular weight is 288 g/mol. The zero-order chi connectivity index (χ0) is 14.6. The number of nitrogens with zero attached hydrogens (tertiary/aromatic N) is 1. The number of hydrogen-bond donors (Lipinski definition) is 2. The van der Waals surface area contributed by atoms with Crippen LogP contribution in [-0.2, 0) is 16.6 Å². The Bertz CT molecular complexity index is 570. The normalized spacial score (nSPS) is 10.9. The van der Waals surface area contributed by atoms with E-state index in [1.165, 1.54) is 14.2 Å². The fourth-order valence-corrected chi connectivity index (χ4v) is 1.99. The predicted molar refractivity (Wildman–Crippen MR) is 71.1 cm³/mol. The van der Waals surface area contributed by atoms with Crippen LogP contribution in [0.4, 0.5) is 10.5 Å². The van der Waals surface area contributed by atoms with E-state index in [0.717, 1.165) is 10.6 Å². The minimum atomic E-state index is -3.44. The number of nitrogens with one attached hydrogen (secondary N) is 1. The molecule has 0 aliphatic rings. The summed E-state index contributed by atoms with van der Waals surface area (Å²) in [5.74, 6) is 0.490. The number of rotatable bonds is 5. The van der Waals surface area contributed by atoms with Gasteiger partial charge >= 0.3 is 6.09 Å². The Morgan fingerprint density at radius 1 is 1.47 bits per heavy atom.